The molecule has 6 nitrogen and oxygen atoms in total. The quantitative estimate of drug-likeness (QED) is 0.375. The third-order valence-corrected chi connectivity index (χ3v) is 2.82. The van der Waals surface area contributed by atoms with Crippen LogP contribution in [0.4, 0.5) is 5.69 Å². The lowest BCUT2D eigenvalue weighted by molar-refractivity contribution is -0.146. The molecule has 0 saturated carbocycles. The summed E-state index contributed by atoms with van der Waals surface area (Å²) in [6.45, 7) is 3.57. The number of carbonyl (C=O) groups is 2. The second-order valence-corrected chi connectivity index (χ2v) is 4.64. The lowest BCUT2D eigenvalue weighted by Crippen LogP contribution is -2.18. The van der Waals surface area contributed by atoms with Crippen LogP contribution < -0.4 is 4.90 Å². The van der Waals surface area contributed by atoms with Crippen molar-refractivity contribution < 1.29 is 24.2 Å². The van der Waals surface area contributed by atoms with Gasteiger partial charge in [-0.1, -0.05) is 0 Å². The molecular weight excluding hydrogens is 286 g/mol. The van der Waals surface area contributed by atoms with Crippen LogP contribution in [0.3, 0.4) is 0 Å². The predicted octanol–water partition coefficient (Wildman–Crippen LogP) is 1.97. The molecule has 0 aliphatic carbocycles. The molecule has 1 aromatic rings. The van der Waals surface area contributed by atoms with Crippen molar-refractivity contribution in [3.63, 3.8) is 0 Å². The number of nitrogens with zero attached hydrogens (tertiary/aromatic N) is 1. The topological polar surface area (TPSA) is 76.1 Å². The highest BCUT2D eigenvalue weighted by Gasteiger charge is 2.21. The SMILES string of the molecule is CCOC(=O)C(=Cc1ccc(N(C)C)cc1O)C(=O)OCC. The first-order valence-corrected chi connectivity index (χ1v) is 6.97. The summed E-state index contributed by atoms with van der Waals surface area (Å²) in [6.07, 6.45) is 1.27. The minimum absolute atomic E-state index is 0.0442. The molecule has 1 rings (SSSR count). The first kappa shape index (κ1) is 17.6. The first-order valence-electron chi connectivity index (χ1n) is 6.97. The fraction of sp³-hybridized carbons (Fsp3) is 0.375. The summed E-state index contributed by atoms with van der Waals surface area (Å²) in [4.78, 5) is 25.6. The second kappa shape index (κ2) is 8.07. The van der Waals surface area contributed by atoms with Gasteiger partial charge in [-0.25, -0.2) is 9.59 Å². The minimum Gasteiger partial charge on any atom is -0.507 e. The summed E-state index contributed by atoms with van der Waals surface area (Å²) >= 11 is 0. The number of phenolic OH excluding ortho intramolecular Hbond substituents is 1. The zero-order valence-corrected chi connectivity index (χ0v) is 13.3. The molecule has 0 atom stereocenters. The Morgan fingerprint density at radius 1 is 1.14 bits per heavy atom. The Labute approximate surface area is 129 Å². The largest absolute Gasteiger partial charge is 0.507 e. The zero-order chi connectivity index (χ0) is 16.7. The van der Waals surface area contributed by atoms with E-state index in [0.29, 0.717) is 5.56 Å². The first-order chi connectivity index (χ1) is 10.4. The normalized spacial score (nSPS) is 9.82. The fourth-order valence-electron chi connectivity index (χ4n) is 1.71. The summed E-state index contributed by atoms with van der Waals surface area (Å²) < 4.78 is 9.70. The van der Waals surface area contributed by atoms with Gasteiger partial charge in [0.15, 0.2) is 0 Å². The van der Waals surface area contributed by atoms with E-state index in [1.807, 2.05) is 19.0 Å². The van der Waals surface area contributed by atoms with Gasteiger partial charge in [-0.3, -0.25) is 0 Å². The Balaban J connectivity index is 3.21. The van der Waals surface area contributed by atoms with Gasteiger partial charge >= 0.3 is 11.9 Å². The maximum atomic E-state index is 11.9. The Kier molecular flexibility index (Phi) is 6.44. The van der Waals surface area contributed by atoms with Gasteiger partial charge in [-0.05, 0) is 32.1 Å². The molecule has 1 N–H and O–H groups in total. The number of hydrogen-bond donors (Lipinski definition) is 1. The Hall–Kier alpha value is -2.50. The summed E-state index contributed by atoms with van der Waals surface area (Å²) in [5.41, 5.74) is 0.877. The summed E-state index contributed by atoms with van der Waals surface area (Å²) in [6, 6.07) is 4.92. The predicted molar refractivity (Wildman–Crippen MR) is 83.7 cm³/mol. The van der Waals surface area contributed by atoms with E-state index >= 15 is 0 Å². The number of phenols is 1. The van der Waals surface area contributed by atoms with E-state index in [1.165, 1.54) is 6.08 Å². The van der Waals surface area contributed by atoms with Crippen molar-refractivity contribution >= 4 is 23.7 Å². The monoisotopic (exact) mass is 307 g/mol. The van der Waals surface area contributed by atoms with Crippen molar-refractivity contribution in [1.29, 1.82) is 0 Å². The van der Waals surface area contributed by atoms with Crippen molar-refractivity contribution in [2.45, 2.75) is 13.8 Å². The maximum absolute atomic E-state index is 11.9. The van der Waals surface area contributed by atoms with Gasteiger partial charge in [0.05, 0.1) is 13.2 Å². The summed E-state index contributed by atoms with van der Waals surface area (Å²) in [5, 5.41) is 10.0. The number of ether oxygens (including phenoxy) is 2. The Bertz CT molecular complexity index is 558. The van der Waals surface area contributed by atoms with E-state index in [2.05, 4.69) is 0 Å². The van der Waals surface area contributed by atoms with Gasteiger partial charge in [0.25, 0.3) is 0 Å². The number of aromatic hydroxyl groups is 1. The van der Waals surface area contributed by atoms with Crippen molar-refractivity contribution in [1.82, 2.24) is 0 Å². The molecule has 120 valence electrons. The standard InChI is InChI=1S/C16H21NO5/c1-5-21-15(19)13(16(20)22-6-2)9-11-7-8-12(17(3)4)10-14(11)18/h7-10,18H,5-6H2,1-4H3. The lowest BCUT2D eigenvalue weighted by Gasteiger charge is -2.13. The lowest BCUT2D eigenvalue weighted by atomic mass is 10.1. The van der Waals surface area contributed by atoms with Crippen LogP contribution in [0.15, 0.2) is 23.8 Å². The minimum atomic E-state index is -0.781. The van der Waals surface area contributed by atoms with Gasteiger partial charge in [0, 0.05) is 31.4 Å². The van der Waals surface area contributed by atoms with Gasteiger partial charge in [0.2, 0.25) is 0 Å². The molecule has 0 aromatic heterocycles. The van der Waals surface area contributed by atoms with Crippen LogP contribution in [0.25, 0.3) is 6.08 Å². The molecule has 0 aliphatic rings. The summed E-state index contributed by atoms with van der Waals surface area (Å²) in [7, 11) is 3.68. The maximum Gasteiger partial charge on any atom is 0.345 e. The molecule has 6 heteroatoms. The molecule has 0 unspecified atom stereocenters. The molecule has 0 bridgehead atoms. The second-order valence-electron chi connectivity index (χ2n) is 4.64. The summed E-state index contributed by atoms with van der Waals surface area (Å²) in [5.74, 6) is -1.61. The third-order valence-electron chi connectivity index (χ3n) is 2.82. The van der Waals surface area contributed by atoms with Gasteiger partial charge in [-0.2, -0.15) is 0 Å². The molecule has 0 heterocycles. The van der Waals surface area contributed by atoms with Crippen molar-refractivity contribution in [2.24, 2.45) is 0 Å². The van der Waals surface area contributed by atoms with Gasteiger partial charge in [-0.15, -0.1) is 0 Å². The van der Waals surface area contributed by atoms with Crippen LogP contribution in [-0.2, 0) is 19.1 Å². The molecule has 0 radical (unpaired) electrons. The molecular formula is C16H21NO5. The Morgan fingerprint density at radius 2 is 1.68 bits per heavy atom. The highest BCUT2D eigenvalue weighted by Crippen LogP contribution is 2.26. The highest BCUT2D eigenvalue weighted by molar-refractivity contribution is 6.17. The number of anilines is 1. The molecule has 22 heavy (non-hydrogen) atoms. The van der Waals surface area contributed by atoms with E-state index < -0.39 is 11.9 Å². The van der Waals surface area contributed by atoms with Crippen LogP contribution in [0, 0.1) is 0 Å². The molecule has 0 amide bonds. The van der Waals surface area contributed by atoms with Crippen LogP contribution in [0.5, 0.6) is 5.75 Å². The van der Waals surface area contributed by atoms with E-state index in [1.54, 1.807) is 32.0 Å². The number of hydrogen-bond acceptors (Lipinski definition) is 6. The zero-order valence-electron chi connectivity index (χ0n) is 13.3. The fourth-order valence-corrected chi connectivity index (χ4v) is 1.71. The van der Waals surface area contributed by atoms with Crippen LogP contribution >= 0.6 is 0 Å². The van der Waals surface area contributed by atoms with E-state index in [-0.39, 0.29) is 24.5 Å². The van der Waals surface area contributed by atoms with Gasteiger partial charge < -0.3 is 19.5 Å². The van der Waals surface area contributed by atoms with Crippen molar-refractivity contribution in [3.05, 3.63) is 29.3 Å². The van der Waals surface area contributed by atoms with Crippen molar-refractivity contribution in [3.8, 4) is 5.75 Å². The van der Waals surface area contributed by atoms with E-state index in [4.69, 9.17) is 9.47 Å². The smallest absolute Gasteiger partial charge is 0.345 e. The average Bonchev–Trinajstić information content (AvgIpc) is 2.46. The van der Waals surface area contributed by atoms with E-state index in [9.17, 15) is 14.7 Å². The van der Waals surface area contributed by atoms with E-state index in [0.717, 1.165) is 5.69 Å². The van der Waals surface area contributed by atoms with Crippen LogP contribution in [-0.4, -0.2) is 44.4 Å². The third kappa shape index (κ3) is 4.51. The molecule has 0 saturated heterocycles. The number of carbonyl (C=O) groups excluding carboxylic acids is 2. The molecule has 1 aromatic carbocycles. The number of esters is 2. The van der Waals surface area contributed by atoms with Gasteiger partial charge in [0.1, 0.15) is 11.3 Å². The van der Waals surface area contributed by atoms with Crippen molar-refractivity contribution in [2.75, 3.05) is 32.2 Å². The Morgan fingerprint density at radius 3 is 2.09 bits per heavy atom. The van der Waals surface area contributed by atoms with Crippen LogP contribution in [0.2, 0.25) is 0 Å². The van der Waals surface area contributed by atoms with Crippen LogP contribution in [0.1, 0.15) is 19.4 Å². The number of benzene rings is 1. The molecule has 0 fully saturated rings. The average molecular weight is 307 g/mol. The number of rotatable bonds is 6. The highest BCUT2D eigenvalue weighted by atomic mass is 16.6. The molecule has 0 aliphatic heterocycles. The molecule has 0 spiro atoms.